The molecule has 1 unspecified atom stereocenters. The van der Waals surface area contributed by atoms with Crippen LogP contribution in [0.3, 0.4) is 0 Å². The topological polar surface area (TPSA) is 12.0 Å². The van der Waals surface area contributed by atoms with E-state index in [1.54, 1.807) is 0 Å². The molecule has 0 heterocycles. The summed E-state index contributed by atoms with van der Waals surface area (Å²) in [6, 6.07) is 10.8. The van der Waals surface area contributed by atoms with Gasteiger partial charge in [-0.3, -0.25) is 0 Å². The van der Waals surface area contributed by atoms with E-state index < -0.39 is 0 Å². The fraction of sp³-hybridized carbons (Fsp3) is 0.333. The first-order valence-corrected chi connectivity index (χ1v) is 5.87. The quantitative estimate of drug-likeness (QED) is 0.515. The Morgan fingerprint density at radius 1 is 1.19 bits per heavy atom. The van der Waals surface area contributed by atoms with Gasteiger partial charge in [-0.15, -0.1) is 13.2 Å². The molecule has 86 valence electrons. The van der Waals surface area contributed by atoms with Crippen LogP contribution in [0.1, 0.15) is 24.8 Å². The number of rotatable bonds is 8. The van der Waals surface area contributed by atoms with Crippen LogP contribution in [0.4, 0.5) is 0 Å². The molecule has 0 aliphatic heterocycles. The fourth-order valence-corrected chi connectivity index (χ4v) is 1.63. The van der Waals surface area contributed by atoms with Crippen molar-refractivity contribution < 1.29 is 0 Å². The maximum absolute atomic E-state index is 3.86. The van der Waals surface area contributed by atoms with Crippen LogP contribution in [0.5, 0.6) is 0 Å². The molecule has 1 rings (SSSR count). The van der Waals surface area contributed by atoms with Crippen LogP contribution >= 0.6 is 0 Å². The zero-order valence-corrected chi connectivity index (χ0v) is 9.86. The summed E-state index contributed by atoms with van der Waals surface area (Å²) in [5, 5.41) is 3.49. The molecule has 1 N–H and O–H groups in total. The molecule has 1 heteroatoms. The predicted octanol–water partition coefficient (Wildman–Crippen LogP) is 3.69. The van der Waals surface area contributed by atoms with E-state index >= 15 is 0 Å². The fourth-order valence-electron chi connectivity index (χ4n) is 1.63. The standard InChI is InChI=1S/C15H21N/c1-3-5-7-12-15(4-2)16-13-14-10-8-6-9-11-14/h3-4,6,8-11,15-16H,1-2,5,7,12-13H2. The summed E-state index contributed by atoms with van der Waals surface area (Å²) in [4.78, 5) is 0. The molecular formula is C15H21N. The normalized spacial score (nSPS) is 12.0. The molecule has 1 aromatic carbocycles. The van der Waals surface area contributed by atoms with Gasteiger partial charge in [-0.05, 0) is 24.8 Å². The second-order valence-corrected chi connectivity index (χ2v) is 3.93. The minimum absolute atomic E-state index is 0.403. The molecule has 0 saturated carbocycles. The van der Waals surface area contributed by atoms with Gasteiger partial charge < -0.3 is 5.32 Å². The summed E-state index contributed by atoms with van der Waals surface area (Å²) < 4.78 is 0. The zero-order valence-electron chi connectivity index (χ0n) is 9.86. The van der Waals surface area contributed by atoms with Crippen LogP contribution in [-0.2, 0) is 6.54 Å². The van der Waals surface area contributed by atoms with Crippen molar-refractivity contribution >= 4 is 0 Å². The van der Waals surface area contributed by atoms with Crippen molar-refractivity contribution in [1.29, 1.82) is 0 Å². The van der Waals surface area contributed by atoms with Crippen molar-refractivity contribution in [2.24, 2.45) is 0 Å². The maximum atomic E-state index is 3.86. The maximum Gasteiger partial charge on any atom is 0.0250 e. The summed E-state index contributed by atoms with van der Waals surface area (Å²) in [6.45, 7) is 8.50. The summed E-state index contributed by atoms with van der Waals surface area (Å²) in [5.74, 6) is 0. The molecule has 0 saturated heterocycles. The number of unbranched alkanes of at least 4 members (excludes halogenated alkanes) is 1. The summed E-state index contributed by atoms with van der Waals surface area (Å²) in [6.07, 6.45) is 7.34. The highest BCUT2D eigenvalue weighted by atomic mass is 14.9. The highest BCUT2D eigenvalue weighted by Crippen LogP contribution is 2.04. The van der Waals surface area contributed by atoms with Crippen LogP contribution < -0.4 is 5.32 Å². The van der Waals surface area contributed by atoms with Gasteiger partial charge in [-0.1, -0.05) is 42.5 Å². The van der Waals surface area contributed by atoms with Gasteiger partial charge >= 0.3 is 0 Å². The molecule has 16 heavy (non-hydrogen) atoms. The Morgan fingerprint density at radius 3 is 2.56 bits per heavy atom. The average molecular weight is 215 g/mol. The van der Waals surface area contributed by atoms with E-state index in [1.165, 1.54) is 12.0 Å². The van der Waals surface area contributed by atoms with Gasteiger partial charge in [0.1, 0.15) is 0 Å². The lowest BCUT2D eigenvalue weighted by atomic mass is 10.1. The molecular weight excluding hydrogens is 194 g/mol. The van der Waals surface area contributed by atoms with Crippen LogP contribution in [-0.4, -0.2) is 6.04 Å². The minimum atomic E-state index is 0.403. The second-order valence-electron chi connectivity index (χ2n) is 3.93. The third-order valence-corrected chi connectivity index (χ3v) is 2.62. The Hall–Kier alpha value is -1.34. The van der Waals surface area contributed by atoms with Crippen molar-refractivity contribution in [2.45, 2.75) is 31.8 Å². The van der Waals surface area contributed by atoms with Crippen LogP contribution in [0.15, 0.2) is 55.6 Å². The smallest absolute Gasteiger partial charge is 0.0250 e. The van der Waals surface area contributed by atoms with Gasteiger partial charge in [0.25, 0.3) is 0 Å². The van der Waals surface area contributed by atoms with E-state index in [2.05, 4.69) is 42.7 Å². The van der Waals surface area contributed by atoms with E-state index in [1.807, 2.05) is 18.2 Å². The van der Waals surface area contributed by atoms with E-state index in [9.17, 15) is 0 Å². The Labute approximate surface area is 98.9 Å². The number of hydrogen-bond donors (Lipinski definition) is 1. The molecule has 0 aliphatic rings. The van der Waals surface area contributed by atoms with Gasteiger partial charge in [0.05, 0.1) is 0 Å². The molecule has 0 aliphatic carbocycles. The lowest BCUT2D eigenvalue weighted by molar-refractivity contribution is 0.540. The lowest BCUT2D eigenvalue weighted by Crippen LogP contribution is -2.26. The van der Waals surface area contributed by atoms with E-state index in [4.69, 9.17) is 0 Å². The molecule has 0 aromatic heterocycles. The Bertz CT molecular complexity index is 302. The summed E-state index contributed by atoms with van der Waals surface area (Å²) >= 11 is 0. The molecule has 1 aromatic rings. The van der Waals surface area contributed by atoms with Gasteiger partial charge in [0.15, 0.2) is 0 Å². The van der Waals surface area contributed by atoms with Crippen molar-refractivity contribution in [3.8, 4) is 0 Å². The van der Waals surface area contributed by atoms with Gasteiger partial charge in [-0.25, -0.2) is 0 Å². The van der Waals surface area contributed by atoms with Gasteiger partial charge in [-0.2, -0.15) is 0 Å². The largest absolute Gasteiger partial charge is 0.306 e. The molecule has 1 atom stereocenters. The van der Waals surface area contributed by atoms with Crippen molar-refractivity contribution in [2.75, 3.05) is 0 Å². The molecule has 0 amide bonds. The van der Waals surface area contributed by atoms with Crippen molar-refractivity contribution in [1.82, 2.24) is 5.32 Å². The molecule has 0 radical (unpaired) electrons. The Morgan fingerprint density at radius 2 is 1.94 bits per heavy atom. The molecule has 0 fully saturated rings. The van der Waals surface area contributed by atoms with Crippen molar-refractivity contribution in [3.63, 3.8) is 0 Å². The summed E-state index contributed by atoms with van der Waals surface area (Å²) in [5.41, 5.74) is 1.32. The minimum Gasteiger partial charge on any atom is -0.306 e. The van der Waals surface area contributed by atoms with Crippen molar-refractivity contribution in [3.05, 3.63) is 61.2 Å². The predicted molar refractivity (Wildman–Crippen MR) is 71.3 cm³/mol. The van der Waals surface area contributed by atoms with Crippen LogP contribution in [0, 0.1) is 0 Å². The zero-order chi connectivity index (χ0) is 11.6. The first-order chi connectivity index (χ1) is 7.86. The SMILES string of the molecule is C=CCCCC(C=C)NCc1ccccc1. The third-order valence-electron chi connectivity index (χ3n) is 2.62. The monoisotopic (exact) mass is 215 g/mol. The number of hydrogen-bond acceptors (Lipinski definition) is 1. The first-order valence-electron chi connectivity index (χ1n) is 5.87. The van der Waals surface area contributed by atoms with E-state index in [0.29, 0.717) is 6.04 Å². The number of allylic oxidation sites excluding steroid dienone is 1. The average Bonchev–Trinajstić information content (AvgIpc) is 2.35. The Balaban J connectivity index is 2.28. The third kappa shape index (κ3) is 4.94. The highest BCUT2D eigenvalue weighted by Gasteiger charge is 2.02. The number of benzene rings is 1. The van der Waals surface area contributed by atoms with E-state index in [-0.39, 0.29) is 0 Å². The lowest BCUT2D eigenvalue weighted by Gasteiger charge is -2.14. The van der Waals surface area contributed by atoms with Crippen LogP contribution in [0.25, 0.3) is 0 Å². The number of nitrogens with one attached hydrogen (secondary N) is 1. The van der Waals surface area contributed by atoms with E-state index in [0.717, 1.165) is 19.4 Å². The molecule has 0 spiro atoms. The van der Waals surface area contributed by atoms with Gasteiger partial charge in [0, 0.05) is 12.6 Å². The molecule has 0 bridgehead atoms. The van der Waals surface area contributed by atoms with Gasteiger partial charge in [0.2, 0.25) is 0 Å². The second kappa shape index (κ2) is 7.89. The molecule has 1 nitrogen and oxygen atoms in total. The highest BCUT2D eigenvalue weighted by molar-refractivity contribution is 5.14. The summed E-state index contributed by atoms with van der Waals surface area (Å²) in [7, 11) is 0. The Kier molecular flexibility index (Phi) is 6.28. The first kappa shape index (κ1) is 12.7. The van der Waals surface area contributed by atoms with Crippen LogP contribution in [0.2, 0.25) is 0 Å².